The van der Waals surface area contributed by atoms with E-state index in [1.165, 1.54) is 12.3 Å². The molecule has 0 aliphatic carbocycles. The van der Waals surface area contributed by atoms with Crippen LogP contribution in [0.2, 0.25) is 0 Å². The third kappa shape index (κ3) is 3.90. The lowest BCUT2D eigenvalue weighted by atomic mass is 10.2. The molecule has 2 aromatic carbocycles. The Bertz CT molecular complexity index is 1030. The first-order valence-corrected chi connectivity index (χ1v) is 8.49. The minimum absolute atomic E-state index is 0.148. The van der Waals surface area contributed by atoms with Gasteiger partial charge in [-0.05, 0) is 50.2 Å². The normalized spacial score (nSPS) is 10.6. The highest BCUT2D eigenvalue weighted by atomic mass is 19.2. The number of nitrogens with one attached hydrogen (secondary N) is 1. The van der Waals surface area contributed by atoms with Crippen molar-refractivity contribution in [3.63, 3.8) is 0 Å². The summed E-state index contributed by atoms with van der Waals surface area (Å²) in [4.78, 5) is 24.2. The van der Waals surface area contributed by atoms with Crippen LogP contribution in [0.15, 0.2) is 48.7 Å². The molecule has 0 spiro atoms. The fourth-order valence-electron chi connectivity index (χ4n) is 2.61. The van der Waals surface area contributed by atoms with E-state index in [4.69, 9.17) is 4.74 Å². The molecule has 0 aliphatic heterocycles. The highest BCUT2D eigenvalue weighted by molar-refractivity contribution is 6.04. The quantitative estimate of drug-likeness (QED) is 0.677. The zero-order valence-corrected chi connectivity index (χ0v) is 15.2. The summed E-state index contributed by atoms with van der Waals surface area (Å²) in [6, 6.07) is 9.57. The molecule has 0 unspecified atom stereocenters. The van der Waals surface area contributed by atoms with Crippen LogP contribution in [0.5, 0.6) is 0 Å². The van der Waals surface area contributed by atoms with Gasteiger partial charge in [0, 0.05) is 17.3 Å². The van der Waals surface area contributed by atoms with Crippen molar-refractivity contribution in [2.75, 3.05) is 11.9 Å². The lowest BCUT2D eigenvalue weighted by Crippen LogP contribution is -2.12. The Morgan fingerprint density at radius 1 is 1.11 bits per heavy atom. The zero-order valence-electron chi connectivity index (χ0n) is 15.2. The smallest absolute Gasteiger partial charge is 0.341 e. The second-order valence-electron chi connectivity index (χ2n) is 5.91. The molecule has 144 valence electrons. The molecule has 1 aromatic heterocycles. The van der Waals surface area contributed by atoms with E-state index in [0.717, 1.165) is 12.1 Å². The van der Waals surface area contributed by atoms with Gasteiger partial charge in [-0.25, -0.2) is 18.3 Å². The first kappa shape index (κ1) is 19.2. The molecule has 1 amide bonds. The molecule has 0 atom stereocenters. The number of hydrogen-bond acceptors (Lipinski definition) is 4. The van der Waals surface area contributed by atoms with Crippen molar-refractivity contribution in [1.82, 2.24) is 9.78 Å². The number of carbonyl (C=O) groups excluding carboxylic acids is 2. The Balaban J connectivity index is 1.77. The van der Waals surface area contributed by atoms with Crippen LogP contribution in [0.25, 0.3) is 5.69 Å². The highest BCUT2D eigenvalue weighted by Gasteiger charge is 2.16. The van der Waals surface area contributed by atoms with Crippen molar-refractivity contribution < 1.29 is 23.1 Å². The number of ether oxygens (including phenoxy) is 1. The number of aromatic nitrogens is 2. The molecule has 0 radical (unpaired) electrons. The molecule has 0 bridgehead atoms. The molecule has 0 saturated carbocycles. The Morgan fingerprint density at radius 3 is 2.46 bits per heavy atom. The summed E-state index contributed by atoms with van der Waals surface area (Å²) in [5, 5.41) is 6.69. The number of hydrogen-bond donors (Lipinski definition) is 1. The third-order valence-electron chi connectivity index (χ3n) is 4.06. The summed E-state index contributed by atoms with van der Waals surface area (Å²) in [5.41, 5.74) is 2.09. The summed E-state index contributed by atoms with van der Waals surface area (Å²) >= 11 is 0. The monoisotopic (exact) mass is 385 g/mol. The van der Waals surface area contributed by atoms with Gasteiger partial charge in [0.1, 0.15) is 5.56 Å². The van der Waals surface area contributed by atoms with Gasteiger partial charge in [0.05, 0.1) is 24.2 Å². The number of carbonyl (C=O) groups is 2. The maximum atomic E-state index is 13.2. The maximum absolute atomic E-state index is 13.2. The summed E-state index contributed by atoms with van der Waals surface area (Å²) in [6.07, 6.45) is 1.43. The van der Waals surface area contributed by atoms with Gasteiger partial charge < -0.3 is 10.1 Å². The highest BCUT2D eigenvalue weighted by Crippen LogP contribution is 2.18. The average Bonchev–Trinajstić information content (AvgIpc) is 3.06. The van der Waals surface area contributed by atoms with Crippen molar-refractivity contribution in [2.24, 2.45) is 0 Å². The van der Waals surface area contributed by atoms with E-state index in [-0.39, 0.29) is 12.3 Å². The number of amides is 1. The number of halogens is 2. The summed E-state index contributed by atoms with van der Waals surface area (Å²) in [6.45, 7) is 3.73. The second-order valence-corrected chi connectivity index (χ2v) is 5.91. The van der Waals surface area contributed by atoms with Crippen molar-refractivity contribution in [3.8, 4) is 5.69 Å². The molecule has 0 saturated heterocycles. The van der Waals surface area contributed by atoms with Gasteiger partial charge in [0.15, 0.2) is 11.6 Å². The Labute approximate surface area is 159 Å². The molecule has 0 aliphatic rings. The number of esters is 1. The number of benzene rings is 2. The maximum Gasteiger partial charge on any atom is 0.341 e. The predicted molar refractivity (Wildman–Crippen MR) is 98.6 cm³/mol. The van der Waals surface area contributed by atoms with E-state index >= 15 is 0 Å². The molecule has 0 fully saturated rings. The average molecular weight is 385 g/mol. The first-order valence-electron chi connectivity index (χ1n) is 8.49. The SMILES string of the molecule is CCOC(=O)c1cnn(-c2ccc(C(=O)Nc3ccc(F)c(F)c3)cc2)c1C. The second kappa shape index (κ2) is 7.99. The van der Waals surface area contributed by atoms with Crippen molar-refractivity contribution in [1.29, 1.82) is 0 Å². The molecule has 6 nitrogen and oxygen atoms in total. The lowest BCUT2D eigenvalue weighted by Gasteiger charge is -2.08. The van der Waals surface area contributed by atoms with E-state index in [0.29, 0.717) is 22.5 Å². The van der Waals surface area contributed by atoms with Crippen LogP contribution in [-0.4, -0.2) is 28.3 Å². The fourth-order valence-corrected chi connectivity index (χ4v) is 2.61. The van der Waals surface area contributed by atoms with E-state index in [1.54, 1.807) is 42.8 Å². The van der Waals surface area contributed by atoms with Gasteiger partial charge in [0.2, 0.25) is 0 Å². The van der Waals surface area contributed by atoms with Crippen LogP contribution < -0.4 is 5.32 Å². The van der Waals surface area contributed by atoms with E-state index in [9.17, 15) is 18.4 Å². The number of rotatable bonds is 5. The van der Waals surface area contributed by atoms with E-state index in [2.05, 4.69) is 10.4 Å². The third-order valence-corrected chi connectivity index (χ3v) is 4.06. The van der Waals surface area contributed by atoms with Crippen LogP contribution in [0.3, 0.4) is 0 Å². The van der Waals surface area contributed by atoms with Gasteiger partial charge in [-0.15, -0.1) is 0 Å². The molecular formula is C20H17F2N3O3. The van der Waals surface area contributed by atoms with Crippen LogP contribution in [0.4, 0.5) is 14.5 Å². The standard InChI is InChI=1S/C20H17F2N3O3/c1-3-28-20(27)16-11-23-25(12(16)2)15-7-4-13(5-8-15)19(26)24-14-6-9-17(21)18(22)10-14/h4-11H,3H2,1-2H3,(H,24,26). The minimum Gasteiger partial charge on any atom is -0.462 e. The van der Waals surface area contributed by atoms with E-state index < -0.39 is 23.5 Å². The van der Waals surface area contributed by atoms with Crippen LogP contribution in [0.1, 0.15) is 33.3 Å². The van der Waals surface area contributed by atoms with Crippen molar-refractivity contribution in [2.45, 2.75) is 13.8 Å². The Morgan fingerprint density at radius 2 is 1.82 bits per heavy atom. The molecular weight excluding hydrogens is 368 g/mol. The topological polar surface area (TPSA) is 73.2 Å². The largest absolute Gasteiger partial charge is 0.462 e. The zero-order chi connectivity index (χ0) is 20.3. The van der Waals surface area contributed by atoms with Crippen molar-refractivity contribution in [3.05, 3.63) is 77.1 Å². The fraction of sp³-hybridized carbons (Fsp3) is 0.150. The molecule has 28 heavy (non-hydrogen) atoms. The minimum atomic E-state index is -1.04. The molecule has 1 heterocycles. The Kier molecular flexibility index (Phi) is 5.49. The molecule has 1 N–H and O–H groups in total. The van der Waals surface area contributed by atoms with Gasteiger partial charge in [0.25, 0.3) is 5.91 Å². The van der Waals surface area contributed by atoms with Crippen LogP contribution >= 0.6 is 0 Å². The van der Waals surface area contributed by atoms with Crippen LogP contribution in [0, 0.1) is 18.6 Å². The molecule has 8 heteroatoms. The first-order chi connectivity index (χ1) is 13.4. The lowest BCUT2D eigenvalue weighted by molar-refractivity contribution is 0.0525. The Hall–Kier alpha value is -3.55. The summed E-state index contributed by atoms with van der Waals surface area (Å²) in [7, 11) is 0. The van der Waals surface area contributed by atoms with E-state index in [1.807, 2.05) is 0 Å². The van der Waals surface area contributed by atoms with Gasteiger partial charge in [-0.3, -0.25) is 4.79 Å². The van der Waals surface area contributed by atoms with Crippen molar-refractivity contribution >= 4 is 17.6 Å². The van der Waals surface area contributed by atoms with Gasteiger partial charge in [-0.1, -0.05) is 0 Å². The number of nitrogens with zero attached hydrogens (tertiary/aromatic N) is 2. The molecule has 3 aromatic rings. The van der Waals surface area contributed by atoms with Gasteiger partial charge >= 0.3 is 5.97 Å². The number of anilines is 1. The summed E-state index contributed by atoms with van der Waals surface area (Å²) < 4.78 is 32.8. The molecule has 3 rings (SSSR count). The van der Waals surface area contributed by atoms with Gasteiger partial charge in [-0.2, -0.15) is 5.10 Å². The summed E-state index contributed by atoms with van der Waals surface area (Å²) in [5.74, 6) is -2.95. The van der Waals surface area contributed by atoms with Crippen LogP contribution in [-0.2, 0) is 4.74 Å². The predicted octanol–water partition coefficient (Wildman–Crippen LogP) is 3.89.